The van der Waals surface area contributed by atoms with Crippen molar-refractivity contribution >= 4 is 29.1 Å². The van der Waals surface area contributed by atoms with Crippen molar-refractivity contribution in [3.8, 4) is 11.5 Å². The van der Waals surface area contributed by atoms with Crippen LogP contribution in [0.4, 0.5) is 5.69 Å². The Morgan fingerprint density at radius 3 is 2.58 bits per heavy atom. The minimum atomic E-state index is -0.686. The number of para-hydroxylation sites is 2. The molecule has 0 bridgehead atoms. The quantitative estimate of drug-likeness (QED) is 0.805. The van der Waals surface area contributed by atoms with Crippen molar-refractivity contribution < 1.29 is 19.1 Å². The van der Waals surface area contributed by atoms with Gasteiger partial charge in [0, 0.05) is 5.02 Å². The molecule has 2 amide bonds. The van der Waals surface area contributed by atoms with Crippen molar-refractivity contribution in [1.82, 2.24) is 0 Å². The summed E-state index contributed by atoms with van der Waals surface area (Å²) in [5.41, 5.74) is 5.93. The van der Waals surface area contributed by atoms with E-state index in [0.717, 1.165) is 0 Å². The number of carbonyl (C=O) groups excluding carboxylic acids is 2. The lowest BCUT2D eigenvalue weighted by molar-refractivity contribution is -0.118. The van der Waals surface area contributed by atoms with E-state index in [1.165, 1.54) is 12.1 Å². The maximum absolute atomic E-state index is 12.1. The van der Waals surface area contributed by atoms with Crippen LogP contribution >= 0.6 is 11.6 Å². The number of nitrogens with two attached hydrogens (primary N) is 1. The minimum Gasteiger partial charge on any atom is -0.492 e. The Morgan fingerprint density at radius 1 is 1.12 bits per heavy atom. The van der Waals surface area contributed by atoms with E-state index in [4.69, 9.17) is 26.8 Å². The number of primary amides is 1. The van der Waals surface area contributed by atoms with Crippen molar-refractivity contribution in [1.29, 1.82) is 0 Å². The Labute approximate surface area is 144 Å². The number of halogens is 1. The summed E-state index contributed by atoms with van der Waals surface area (Å²) in [4.78, 5) is 23.4. The van der Waals surface area contributed by atoms with Crippen molar-refractivity contribution in [3.05, 3.63) is 53.1 Å². The molecule has 2 aromatic carbocycles. The first-order chi connectivity index (χ1) is 11.5. The average Bonchev–Trinajstić information content (AvgIpc) is 2.55. The van der Waals surface area contributed by atoms with Gasteiger partial charge in [-0.2, -0.15) is 0 Å². The third-order valence-corrected chi connectivity index (χ3v) is 3.26. The SMILES string of the molecule is CCOc1ccccc1NC(=O)COc1ccc(Cl)cc1C(N)=O. The van der Waals surface area contributed by atoms with Crippen LogP contribution in [0.5, 0.6) is 11.5 Å². The van der Waals surface area contributed by atoms with Crippen LogP contribution in [0.25, 0.3) is 0 Å². The molecule has 0 aromatic heterocycles. The maximum Gasteiger partial charge on any atom is 0.262 e. The Hall–Kier alpha value is -2.73. The van der Waals surface area contributed by atoms with Gasteiger partial charge in [-0.05, 0) is 37.3 Å². The van der Waals surface area contributed by atoms with Crippen LogP contribution in [0.1, 0.15) is 17.3 Å². The van der Waals surface area contributed by atoms with Gasteiger partial charge in [0.25, 0.3) is 11.8 Å². The van der Waals surface area contributed by atoms with E-state index in [-0.39, 0.29) is 17.9 Å². The summed E-state index contributed by atoms with van der Waals surface area (Å²) in [5.74, 6) is -0.320. The monoisotopic (exact) mass is 348 g/mol. The lowest BCUT2D eigenvalue weighted by atomic mass is 10.2. The largest absolute Gasteiger partial charge is 0.492 e. The van der Waals surface area contributed by atoms with E-state index < -0.39 is 11.8 Å². The fourth-order valence-electron chi connectivity index (χ4n) is 2.00. The van der Waals surface area contributed by atoms with Crippen molar-refractivity contribution in [2.24, 2.45) is 5.73 Å². The van der Waals surface area contributed by atoms with Crippen molar-refractivity contribution in [2.75, 3.05) is 18.5 Å². The van der Waals surface area contributed by atoms with Crippen molar-refractivity contribution in [3.63, 3.8) is 0 Å². The number of hydrogen-bond acceptors (Lipinski definition) is 4. The number of anilines is 1. The van der Waals surface area contributed by atoms with Gasteiger partial charge in [-0.25, -0.2) is 0 Å². The summed E-state index contributed by atoms with van der Waals surface area (Å²) in [5, 5.41) is 3.05. The molecule has 0 unspecified atom stereocenters. The van der Waals surface area contributed by atoms with Gasteiger partial charge in [0.05, 0.1) is 17.9 Å². The van der Waals surface area contributed by atoms with E-state index in [1.54, 1.807) is 24.3 Å². The molecule has 2 aromatic rings. The van der Waals surface area contributed by atoms with Crippen molar-refractivity contribution in [2.45, 2.75) is 6.92 Å². The lowest BCUT2D eigenvalue weighted by Gasteiger charge is -2.12. The number of benzene rings is 2. The van der Waals surface area contributed by atoms with Crippen LogP contribution < -0.4 is 20.5 Å². The van der Waals surface area contributed by atoms with Crippen LogP contribution in [0.2, 0.25) is 5.02 Å². The molecule has 7 heteroatoms. The van der Waals surface area contributed by atoms with Gasteiger partial charge in [0.1, 0.15) is 11.5 Å². The minimum absolute atomic E-state index is 0.116. The van der Waals surface area contributed by atoms with Gasteiger partial charge in [-0.3, -0.25) is 9.59 Å². The van der Waals surface area contributed by atoms with E-state index >= 15 is 0 Å². The third-order valence-electron chi connectivity index (χ3n) is 3.03. The number of hydrogen-bond donors (Lipinski definition) is 2. The highest BCUT2D eigenvalue weighted by atomic mass is 35.5. The summed E-state index contributed by atoms with van der Waals surface area (Å²) in [6.45, 7) is 2.05. The second-order valence-corrected chi connectivity index (χ2v) is 5.21. The van der Waals surface area contributed by atoms with Gasteiger partial charge in [-0.15, -0.1) is 0 Å². The molecule has 0 radical (unpaired) electrons. The molecule has 24 heavy (non-hydrogen) atoms. The number of ether oxygens (including phenoxy) is 2. The van der Waals surface area contributed by atoms with Crippen LogP contribution in [-0.4, -0.2) is 25.0 Å². The van der Waals surface area contributed by atoms with Crippen LogP contribution in [-0.2, 0) is 4.79 Å². The highest BCUT2D eigenvalue weighted by Crippen LogP contribution is 2.24. The molecule has 126 valence electrons. The Bertz CT molecular complexity index is 749. The van der Waals surface area contributed by atoms with Gasteiger partial charge in [-0.1, -0.05) is 23.7 Å². The highest BCUT2D eigenvalue weighted by Gasteiger charge is 2.13. The van der Waals surface area contributed by atoms with Gasteiger partial charge in [0.2, 0.25) is 0 Å². The first-order valence-electron chi connectivity index (χ1n) is 7.25. The molecule has 3 N–H and O–H groups in total. The molecule has 0 aliphatic carbocycles. The molecular weight excluding hydrogens is 332 g/mol. The summed E-state index contributed by atoms with van der Waals surface area (Å²) in [6, 6.07) is 11.5. The molecule has 0 saturated carbocycles. The summed E-state index contributed by atoms with van der Waals surface area (Å²) in [7, 11) is 0. The normalized spacial score (nSPS) is 10.1. The second-order valence-electron chi connectivity index (χ2n) is 4.77. The Balaban J connectivity index is 2.03. The zero-order valence-corrected chi connectivity index (χ0v) is 13.8. The van der Waals surface area contributed by atoms with Gasteiger partial charge in [0.15, 0.2) is 6.61 Å². The zero-order valence-electron chi connectivity index (χ0n) is 13.0. The lowest BCUT2D eigenvalue weighted by Crippen LogP contribution is -2.22. The Morgan fingerprint density at radius 2 is 1.88 bits per heavy atom. The third kappa shape index (κ3) is 4.63. The highest BCUT2D eigenvalue weighted by molar-refractivity contribution is 6.31. The smallest absolute Gasteiger partial charge is 0.262 e. The topological polar surface area (TPSA) is 90.7 Å². The maximum atomic E-state index is 12.1. The Kier molecular flexibility index (Phi) is 6.03. The summed E-state index contributed by atoms with van der Waals surface area (Å²) in [6.07, 6.45) is 0. The average molecular weight is 349 g/mol. The molecule has 0 aliphatic rings. The predicted molar refractivity (Wildman–Crippen MR) is 91.7 cm³/mol. The van der Waals surface area contributed by atoms with Crippen LogP contribution in [0.15, 0.2) is 42.5 Å². The van der Waals surface area contributed by atoms with Crippen LogP contribution in [0.3, 0.4) is 0 Å². The molecule has 0 saturated heterocycles. The van der Waals surface area contributed by atoms with E-state index in [0.29, 0.717) is 23.1 Å². The molecule has 0 fully saturated rings. The summed E-state index contributed by atoms with van der Waals surface area (Å²) < 4.78 is 10.8. The predicted octanol–water partition coefficient (Wildman–Crippen LogP) is 2.86. The first-order valence-corrected chi connectivity index (χ1v) is 7.63. The van der Waals surface area contributed by atoms with Crippen LogP contribution in [0, 0.1) is 0 Å². The van der Waals surface area contributed by atoms with Gasteiger partial charge < -0.3 is 20.5 Å². The molecule has 0 spiro atoms. The molecule has 2 rings (SSSR count). The second kappa shape index (κ2) is 8.21. The fourth-order valence-corrected chi connectivity index (χ4v) is 2.17. The number of rotatable bonds is 7. The first kappa shape index (κ1) is 17.6. The summed E-state index contributed by atoms with van der Waals surface area (Å²) >= 11 is 5.82. The van der Waals surface area contributed by atoms with E-state index in [9.17, 15) is 9.59 Å². The standard InChI is InChI=1S/C17H17ClN2O4/c1-2-23-15-6-4-3-5-13(15)20-16(21)10-24-14-8-7-11(18)9-12(14)17(19)22/h3-9H,2,10H2,1H3,(H2,19,22)(H,20,21). The van der Waals surface area contributed by atoms with E-state index in [2.05, 4.69) is 5.32 Å². The fraction of sp³-hybridized carbons (Fsp3) is 0.176. The van der Waals surface area contributed by atoms with Gasteiger partial charge >= 0.3 is 0 Å². The number of amides is 2. The molecule has 0 aliphatic heterocycles. The number of carbonyl (C=O) groups is 2. The molecule has 6 nitrogen and oxygen atoms in total. The number of nitrogens with one attached hydrogen (secondary N) is 1. The van der Waals surface area contributed by atoms with E-state index in [1.807, 2.05) is 13.0 Å². The zero-order chi connectivity index (χ0) is 17.5. The molecular formula is C17H17ClN2O4. The molecule has 0 heterocycles. The molecule has 0 atom stereocenters.